The predicted molar refractivity (Wildman–Crippen MR) is 101 cm³/mol. The van der Waals surface area contributed by atoms with Crippen LogP contribution in [0.15, 0.2) is 29.6 Å². The van der Waals surface area contributed by atoms with Crippen LogP contribution in [-0.2, 0) is 24.2 Å². The fourth-order valence-electron chi connectivity index (χ4n) is 3.12. The normalized spacial score (nSPS) is 15.1. The molecule has 0 spiro atoms. The maximum absolute atomic E-state index is 12.1. The molecule has 2 aromatic rings. The second kappa shape index (κ2) is 8.99. The Kier molecular flexibility index (Phi) is 6.45. The van der Waals surface area contributed by atoms with Crippen LogP contribution in [0.5, 0.6) is 5.75 Å². The van der Waals surface area contributed by atoms with Gasteiger partial charge in [-0.25, -0.2) is 4.98 Å². The van der Waals surface area contributed by atoms with E-state index < -0.39 is 0 Å². The first-order valence-electron chi connectivity index (χ1n) is 9.18. The van der Waals surface area contributed by atoms with Gasteiger partial charge in [-0.15, -0.1) is 11.3 Å². The first-order chi connectivity index (χ1) is 12.2. The summed E-state index contributed by atoms with van der Waals surface area (Å²) in [5.74, 6) is 0.914. The Morgan fingerprint density at radius 3 is 2.92 bits per heavy atom. The number of amides is 1. The highest BCUT2D eigenvalue weighted by Crippen LogP contribution is 2.24. The van der Waals surface area contributed by atoms with Crippen LogP contribution >= 0.6 is 11.3 Å². The quantitative estimate of drug-likeness (QED) is 0.804. The molecule has 1 aromatic carbocycles. The van der Waals surface area contributed by atoms with E-state index in [0.29, 0.717) is 19.1 Å². The van der Waals surface area contributed by atoms with E-state index in [1.165, 1.54) is 19.3 Å². The molecular weight excluding hydrogens is 332 g/mol. The average Bonchev–Trinajstić information content (AvgIpc) is 3.09. The molecule has 1 saturated carbocycles. The molecule has 1 amide bonds. The van der Waals surface area contributed by atoms with Gasteiger partial charge < -0.3 is 10.1 Å². The molecule has 0 radical (unpaired) electrons. The first-order valence-corrected chi connectivity index (χ1v) is 10.1. The number of rotatable bonds is 7. The molecule has 1 heterocycles. The van der Waals surface area contributed by atoms with Crippen LogP contribution < -0.4 is 10.1 Å². The fraction of sp³-hybridized carbons (Fsp3) is 0.500. The number of thiazole rings is 1. The summed E-state index contributed by atoms with van der Waals surface area (Å²) in [5.41, 5.74) is 1.92. The van der Waals surface area contributed by atoms with Crippen molar-refractivity contribution in [3.63, 3.8) is 0 Å². The first kappa shape index (κ1) is 17.9. The maximum Gasteiger partial charge on any atom is 0.226 e. The Hall–Kier alpha value is -1.88. The number of nitrogens with one attached hydrogen (secondary N) is 1. The summed E-state index contributed by atoms with van der Waals surface area (Å²) in [6.45, 7) is 2.59. The van der Waals surface area contributed by atoms with Gasteiger partial charge in [-0.1, -0.05) is 25.5 Å². The van der Waals surface area contributed by atoms with Gasteiger partial charge in [-0.05, 0) is 49.8 Å². The predicted octanol–water partition coefficient (Wildman–Crippen LogP) is 4.28. The summed E-state index contributed by atoms with van der Waals surface area (Å²) in [6, 6.07) is 8.05. The van der Waals surface area contributed by atoms with Crippen LogP contribution in [0.3, 0.4) is 0 Å². The molecular formula is C20H26N2O2S. The summed E-state index contributed by atoms with van der Waals surface area (Å²) in [7, 11) is 0. The van der Waals surface area contributed by atoms with Crippen LogP contribution in [0, 0.1) is 0 Å². The second-order valence-electron chi connectivity index (χ2n) is 6.56. The van der Waals surface area contributed by atoms with E-state index in [1.807, 2.05) is 29.6 Å². The van der Waals surface area contributed by atoms with E-state index in [9.17, 15) is 4.79 Å². The lowest BCUT2D eigenvalue weighted by atomic mass is 9.98. The molecule has 0 atom stereocenters. The number of carbonyl (C=O) groups is 1. The smallest absolute Gasteiger partial charge is 0.226 e. The lowest BCUT2D eigenvalue weighted by Crippen LogP contribution is -2.24. The number of carbonyl (C=O) groups excluding carboxylic acids is 1. The van der Waals surface area contributed by atoms with Crippen LogP contribution in [0.25, 0.3) is 0 Å². The Balaban J connectivity index is 1.48. The minimum absolute atomic E-state index is 0.00607. The number of aryl methyl sites for hydroxylation is 1. The number of nitrogens with zero attached hydrogens (tertiary/aromatic N) is 1. The minimum atomic E-state index is 0.00607. The lowest BCUT2D eigenvalue weighted by molar-refractivity contribution is -0.120. The molecule has 1 N–H and O–H groups in total. The topological polar surface area (TPSA) is 51.2 Å². The van der Waals surface area contributed by atoms with Crippen molar-refractivity contribution < 1.29 is 9.53 Å². The van der Waals surface area contributed by atoms with Gasteiger partial charge in [0.2, 0.25) is 5.91 Å². The van der Waals surface area contributed by atoms with Crippen molar-refractivity contribution >= 4 is 17.2 Å². The summed E-state index contributed by atoms with van der Waals surface area (Å²) >= 11 is 1.62. The van der Waals surface area contributed by atoms with Crippen molar-refractivity contribution in [2.24, 2.45) is 0 Å². The molecule has 5 heteroatoms. The standard InChI is InChI=1S/C20H26N2O2S/c1-2-20-22-16(14-25-20)12-19(23)21-13-15-7-6-10-18(11-15)24-17-8-4-3-5-9-17/h6-7,10-11,14,17H,2-5,8-9,12-13H2,1H3,(H,21,23). The Morgan fingerprint density at radius 1 is 1.32 bits per heavy atom. The average molecular weight is 359 g/mol. The van der Waals surface area contributed by atoms with Crippen molar-refractivity contribution in [2.45, 2.75) is 64.5 Å². The molecule has 134 valence electrons. The third-order valence-electron chi connectivity index (χ3n) is 4.49. The number of hydrogen-bond acceptors (Lipinski definition) is 4. The lowest BCUT2D eigenvalue weighted by Gasteiger charge is -2.23. The highest BCUT2D eigenvalue weighted by molar-refractivity contribution is 7.09. The van der Waals surface area contributed by atoms with Crippen LogP contribution in [0.2, 0.25) is 0 Å². The van der Waals surface area contributed by atoms with E-state index in [-0.39, 0.29) is 5.91 Å². The van der Waals surface area contributed by atoms with E-state index in [0.717, 1.165) is 41.3 Å². The number of aromatic nitrogens is 1. The van der Waals surface area contributed by atoms with Gasteiger partial charge in [0.1, 0.15) is 5.75 Å². The van der Waals surface area contributed by atoms with Crippen molar-refractivity contribution in [3.05, 3.63) is 45.9 Å². The molecule has 25 heavy (non-hydrogen) atoms. The van der Waals surface area contributed by atoms with Crippen molar-refractivity contribution in [1.29, 1.82) is 0 Å². The zero-order chi connectivity index (χ0) is 17.5. The highest BCUT2D eigenvalue weighted by atomic mass is 32.1. The molecule has 4 nitrogen and oxygen atoms in total. The van der Waals surface area contributed by atoms with E-state index in [4.69, 9.17) is 4.74 Å². The molecule has 1 aliphatic carbocycles. The Bertz CT molecular complexity index is 693. The highest BCUT2D eigenvalue weighted by Gasteiger charge is 2.15. The SMILES string of the molecule is CCc1nc(CC(=O)NCc2cccc(OC3CCCCC3)c2)cs1. The van der Waals surface area contributed by atoms with Gasteiger partial charge in [0.05, 0.1) is 23.2 Å². The maximum atomic E-state index is 12.1. The van der Waals surface area contributed by atoms with Gasteiger partial charge in [-0.2, -0.15) is 0 Å². The van der Waals surface area contributed by atoms with E-state index in [2.05, 4.69) is 17.2 Å². The largest absolute Gasteiger partial charge is 0.490 e. The number of benzene rings is 1. The van der Waals surface area contributed by atoms with Crippen molar-refractivity contribution in [3.8, 4) is 5.75 Å². The third kappa shape index (κ3) is 5.56. The Morgan fingerprint density at radius 2 is 2.16 bits per heavy atom. The molecule has 0 bridgehead atoms. The Labute approximate surface area is 153 Å². The van der Waals surface area contributed by atoms with Crippen LogP contribution in [0.1, 0.15) is 55.3 Å². The number of ether oxygens (including phenoxy) is 1. The van der Waals surface area contributed by atoms with Gasteiger partial charge in [-0.3, -0.25) is 4.79 Å². The third-order valence-corrected chi connectivity index (χ3v) is 5.53. The van der Waals surface area contributed by atoms with Crippen molar-refractivity contribution in [2.75, 3.05) is 0 Å². The minimum Gasteiger partial charge on any atom is -0.490 e. The fourth-order valence-corrected chi connectivity index (χ4v) is 3.87. The number of hydrogen-bond donors (Lipinski definition) is 1. The molecule has 3 rings (SSSR count). The molecule has 0 aliphatic heterocycles. The molecule has 1 fully saturated rings. The second-order valence-corrected chi connectivity index (χ2v) is 7.51. The zero-order valence-electron chi connectivity index (χ0n) is 14.8. The van der Waals surface area contributed by atoms with Crippen LogP contribution in [0.4, 0.5) is 0 Å². The van der Waals surface area contributed by atoms with Gasteiger partial charge in [0, 0.05) is 11.9 Å². The summed E-state index contributed by atoms with van der Waals surface area (Å²) in [5, 5.41) is 6.02. The summed E-state index contributed by atoms with van der Waals surface area (Å²) < 4.78 is 6.09. The molecule has 1 aliphatic rings. The van der Waals surface area contributed by atoms with Gasteiger partial charge >= 0.3 is 0 Å². The summed E-state index contributed by atoms with van der Waals surface area (Å²) in [6.07, 6.45) is 7.74. The molecule has 0 unspecified atom stereocenters. The monoisotopic (exact) mass is 358 g/mol. The molecule has 1 aromatic heterocycles. The van der Waals surface area contributed by atoms with Gasteiger partial charge in [0.25, 0.3) is 0 Å². The summed E-state index contributed by atoms with van der Waals surface area (Å²) in [4.78, 5) is 16.5. The van der Waals surface area contributed by atoms with E-state index in [1.54, 1.807) is 11.3 Å². The van der Waals surface area contributed by atoms with Gasteiger partial charge in [0.15, 0.2) is 0 Å². The van der Waals surface area contributed by atoms with Crippen LogP contribution in [-0.4, -0.2) is 17.0 Å². The van der Waals surface area contributed by atoms with E-state index >= 15 is 0 Å². The zero-order valence-corrected chi connectivity index (χ0v) is 15.6. The van der Waals surface area contributed by atoms with Crippen molar-refractivity contribution in [1.82, 2.24) is 10.3 Å². The molecule has 0 saturated heterocycles.